The second-order valence-corrected chi connectivity index (χ2v) is 3.49. The average molecular weight is 214 g/mol. The maximum Gasteiger partial charge on any atom is 0.0497 e. The Morgan fingerprint density at radius 1 is 1.25 bits per heavy atom. The number of aryl methyl sites for hydroxylation is 1. The third-order valence-electron chi connectivity index (χ3n) is 2.17. The summed E-state index contributed by atoms with van der Waals surface area (Å²) in [6, 6.07) is 10.4. The molecule has 0 saturated heterocycles. The lowest BCUT2D eigenvalue weighted by atomic mass is 10.1. The zero-order valence-electron chi connectivity index (χ0n) is 9.78. The molecule has 0 N–H and O–H groups in total. The van der Waals surface area contributed by atoms with E-state index in [-0.39, 0.29) is 0 Å². The van der Waals surface area contributed by atoms with E-state index in [4.69, 9.17) is 4.74 Å². The summed E-state index contributed by atoms with van der Waals surface area (Å²) in [7, 11) is 1.71. The molecule has 0 aliphatic rings. The van der Waals surface area contributed by atoms with Gasteiger partial charge in [-0.25, -0.2) is 0 Å². The van der Waals surface area contributed by atoms with E-state index in [1.165, 1.54) is 5.56 Å². The summed E-state index contributed by atoms with van der Waals surface area (Å²) < 4.78 is 4.93. The van der Waals surface area contributed by atoms with Gasteiger partial charge in [0.25, 0.3) is 0 Å². The van der Waals surface area contributed by atoms with Crippen molar-refractivity contribution in [2.24, 2.45) is 0 Å². The van der Waals surface area contributed by atoms with Crippen LogP contribution in [0.15, 0.2) is 42.5 Å². The van der Waals surface area contributed by atoms with Crippen LogP contribution < -0.4 is 0 Å². The molecule has 0 saturated carbocycles. The predicted octanol–water partition coefficient (Wildman–Crippen LogP) is 3.22. The summed E-state index contributed by atoms with van der Waals surface area (Å²) >= 11 is 0. The Morgan fingerprint density at radius 2 is 2.06 bits per heavy atom. The lowest BCUT2D eigenvalue weighted by Crippen LogP contribution is -1.83. The largest absolute Gasteiger partial charge is 0.384 e. The maximum absolute atomic E-state index is 4.93. The Balaban J connectivity index is 2.16. The van der Waals surface area contributed by atoms with Crippen molar-refractivity contribution in [3.8, 4) is 11.8 Å². The fourth-order valence-electron chi connectivity index (χ4n) is 1.31. The van der Waals surface area contributed by atoms with Crippen LogP contribution in [0.25, 0.3) is 0 Å². The molecule has 0 fully saturated rings. The third-order valence-corrected chi connectivity index (χ3v) is 2.17. The molecule has 0 spiro atoms. The summed E-state index contributed by atoms with van der Waals surface area (Å²) in [6.07, 6.45) is 6.82. The monoisotopic (exact) mass is 214 g/mol. The van der Waals surface area contributed by atoms with Gasteiger partial charge in [-0.1, -0.05) is 48.2 Å². The Bertz CT molecular complexity index is 354. The minimum Gasteiger partial charge on any atom is -0.384 e. The van der Waals surface area contributed by atoms with E-state index < -0.39 is 0 Å². The molecule has 84 valence electrons. The van der Waals surface area contributed by atoms with Crippen molar-refractivity contribution in [2.45, 2.75) is 19.3 Å². The van der Waals surface area contributed by atoms with Crippen LogP contribution in [0.4, 0.5) is 0 Å². The standard InChI is InChI=1S/C15H18O/c1-16-14-10-5-3-2-4-7-11-15-12-8-6-9-13-15/h3,5-6,8-9,12-13H,7,10-11,14H2,1H3/b5-3-. The number of hydrogen-bond acceptors (Lipinski definition) is 1. The first-order chi connectivity index (χ1) is 7.93. The number of rotatable bonds is 5. The topological polar surface area (TPSA) is 9.23 Å². The van der Waals surface area contributed by atoms with E-state index >= 15 is 0 Å². The highest BCUT2D eigenvalue weighted by molar-refractivity contribution is 5.19. The second kappa shape index (κ2) is 8.76. The smallest absolute Gasteiger partial charge is 0.0497 e. The molecule has 0 radical (unpaired) electrons. The second-order valence-electron chi connectivity index (χ2n) is 3.49. The van der Waals surface area contributed by atoms with Crippen molar-refractivity contribution < 1.29 is 4.74 Å². The molecule has 1 aromatic carbocycles. The van der Waals surface area contributed by atoms with E-state index in [0.717, 1.165) is 25.9 Å². The molecule has 0 unspecified atom stereocenters. The van der Waals surface area contributed by atoms with Gasteiger partial charge in [0, 0.05) is 20.1 Å². The first kappa shape index (κ1) is 12.5. The summed E-state index contributed by atoms with van der Waals surface area (Å²) in [4.78, 5) is 0. The third kappa shape index (κ3) is 6.06. The van der Waals surface area contributed by atoms with Gasteiger partial charge in [0.15, 0.2) is 0 Å². The number of hydrogen-bond donors (Lipinski definition) is 0. The lowest BCUT2D eigenvalue weighted by molar-refractivity contribution is 0.204. The first-order valence-corrected chi connectivity index (χ1v) is 5.59. The Hall–Kier alpha value is -1.52. The van der Waals surface area contributed by atoms with Gasteiger partial charge in [-0.2, -0.15) is 0 Å². The predicted molar refractivity (Wildman–Crippen MR) is 68.2 cm³/mol. The normalized spacial score (nSPS) is 10.1. The highest BCUT2D eigenvalue weighted by Gasteiger charge is 1.86. The van der Waals surface area contributed by atoms with E-state index in [9.17, 15) is 0 Å². The number of benzene rings is 1. The molecule has 0 aromatic heterocycles. The van der Waals surface area contributed by atoms with E-state index in [0.29, 0.717) is 0 Å². The Labute approximate surface area is 98.1 Å². The van der Waals surface area contributed by atoms with Crippen LogP contribution in [0.5, 0.6) is 0 Å². The molecule has 0 aliphatic heterocycles. The molecule has 1 heteroatoms. The van der Waals surface area contributed by atoms with Crippen LogP contribution in [-0.4, -0.2) is 13.7 Å². The number of methoxy groups -OCH3 is 1. The fraction of sp³-hybridized carbons (Fsp3) is 0.333. The van der Waals surface area contributed by atoms with Crippen molar-refractivity contribution in [3.05, 3.63) is 48.0 Å². The van der Waals surface area contributed by atoms with E-state index in [1.807, 2.05) is 18.2 Å². The Morgan fingerprint density at radius 3 is 2.81 bits per heavy atom. The maximum atomic E-state index is 4.93. The van der Waals surface area contributed by atoms with Gasteiger partial charge in [-0.3, -0.25) is 0 Å². The van der Waals surface area contributed by atoms with Crippen molar-refractivity contribution in [2.75, 3.05) is 13.7 Å². The summed E-state index contributed by atoms with van der Waals surface area (Å²) in [5.41, 5.74) is 1.35. The van der Waals surface area contributed by atoms with Crippen LogP contribution in [-0.2, 0) is 11.2 Å². The summed E-state index contributed by atoms with van der Waals surface area (Å²) in [5, 5.41) is 0. The minimum absolute atomic E-state index is 0.766. The van der Waals surface area contributed by atoms with Crippen LogP contribution >= 0.6 is 0 Å². The van der Waals surface area contributed by atoms with Crippen molar-refractivity contribution >= 4 is 0 Å². The van der Waals surface area contributed by atoms with Crippen LogP contribution in [0.1, 0.15) is 18.4 Å². The Kier molecular flexibility index (Phi) is 6.87. The molecule has 0 bridgehead atoms. The number of ether oxygens (including phenoxy) is 1. The summed E-state index contributed by atoms with van der Waals surface area (Å²) in [6.45, 7) is 0.766. The molecule has 16 heavy (non-hydrogen) atoms. The van der Waals surface area contributed by atoms with Gasteiger partial charge in [0.05, 0.1) is 0 Å². The first-order valence-electron chi connectivity index (χ1n) is 5.59. The molecule has 1 rings (SSSR count). The zero-order valence-corrected chi connectivity index (χ0v) is 9.78. The van der Waals surface area contributed by atoms with Gasteiger partial charge >= 0.3 is 0 Å². The molecule has 1 aromatic rings. The van der Waals surface area contributed by atoms with Crippen LogP contribution in [0.3, 0.4) is 0 Å². The van der Waals surface area contributed by atoms with Gasteiger partial charge in [-0.05, 0) is 24.5 Å². The van der Waals surface area contributed by atoms with E-state index in [2.05, 4.69) is 36.1 Å². The molecule has 0 amide bonds. The van der Waals surface area contributed by atoms with Gasteiger partial charge in [-0.15, -0.1) is 0 Å². The molecule has 0 atom stereocenters. The SMILES string of the molecule is COCC/C=C\C#CCCc1ccccc1. The summed E-state index contributed by atoms with van der Waals surface area (Å²) in [5.74, 6) is 6.16. The fourth-order valence-corrected chi connectivity index (χ4v) is 1.31. The molecular formula is C15H18O. The van der Waals surface area contributed by atoms with E-state index in [1.54, 1.807) is 7.11 Å². The van der Waals surface area contributed by atoms with Crippen LogP contribution in [0, 0.1) is 11.8 Å². The van der Waals surface area contributed by atoms with Crippen molar-refractivity contribution in [1.29, 1.82) is 0 Å². The molecular weight excluding hydrogens is 196 g/mol. The molecule has 0 aliphatic carbocycles. The lowest BCUT2D eigenvalue weighted by Gasteiger charge is -1.94. The minimum atomic E-state index is 0.766. The van der Waals surface area contributed by atoms with Crippen molar-refractivity contribution in [3.63, 3.8) is 0 Å². The van der Waals surface area contributed by atoms with Crippen molar-refractivity contribution in [1.82, 2.24) is 0 Å². The zero-order chi connectivity index (χ0) is 11.5. The highest BCUT2D eigenvalue weighted by atomic mass is 16.5. The van der Waals surface area contributed by atoms with Gasteiger partial charge in [0.1, 0.15) is 0 Å². The van der Waals surface area contributed by atoms with Gasteiger partial charge < -0.3 is 4.74 Å². The number of allylic oxidation sites excluding steroid dienone is 1. The quantitative estimate of drug-likeness (QED) is 0.540. The van der Waals surface area contributed by atoms with Crippen LogP contribution in [0.2, 0.25) is 0 Å². The average Bonchev–Trinajstić information content (AvgIpc) is 2.34. The van der Waals surface area contributed by atoms with Gasteiger partial charge in [0.2, 0.25) is 0 Å². The molecule has 1 nitrogen and oxygen atoms in total. The highest BCUT2D eigenvalue weighted by Crippen LogP contribution is 2.01. The molecule has 0 heterocycles.